The Balaban J connectivity index is 2.76. The fourth-order valence-corrected chi connectivity index (χ4v) is 2.68. The number of hydrogen-bond donors (Lipinski definition) is 0. The molecule has 0 N–H and O–H groups in total. The second kappa shape index (κ2) is 4.57. The van der Waals surface area contributed by atoms with Crippen LogP contribution in [0.2, 0.25) is 0 Å². The zero-order valence-corrected chi connectivity index (χ0v) is 11.0. The number of nitriles is 1. The molecule has 2 unspecified atom stereocenters. The van der Waals surface area contributed by atoms with Gasteiger partial charge in [-0.05, 0) is 30.6 Å². The van der Waals surface area contributed by atoms with Gasteiger partial charge in [0.2, 0.25) is 0 Å². The minimum absolute atomic E-state index is 0.244. The van der Waals surface area contributed by atoms with Gasteiger partial charge in [0.05, 0.1) is 6.07 Å². The van der Waals surface area contributed by atoms with Gasteiger partial charge in [-0.3, -0.25) is 4.79 Å². The van der Waals surface area contributed by atoms with Gasteiger partial charge in [0.25, 0.3) is 0 Å². The molecule has 0 saturated heterocycles. The number of carbonyl (C=O) groups excluding carboxylic acids is 1. The first-order valence-corrected chi connectivity index (χ1v) is 6.20. The molecule has 2 heteroatoms. The summed E-state index contributed by atoms with van der Waals surface area (Å²) < 4.78 is 0. The Morgan fingerprint density at radius 2 is 2.12 bits per heavy atom. The third-order valence-electron chi connectivity index (χ3n) is 4.10. The van der Waals surface area contributed by atoms with Crippen molar-refractivity contribution in [1.82, 2.24) is 0 Å². The molecule has 1 aliphatic rings. The molecule has 1 fully saturated rings. The number of ketones is 1. The van der Waals surface area contributed by atoms with Gasteiger partial charge >= 0.3 is 0 Å². The summed E-state index contributed by atoms with van der Waals surface area (Å²) in [6, 6.07) is 2.16. The van der Waals surface area contributed by atoms with Crippen LogP contribution in [0.5, 0.6) is 0 Å². The maximum absolute atomic E-state index is 12.0. The van der Waals surface area contributed by atoms with Crippen molar-refractivity contribution >= 4 is 5.78 Å². The van der Waals surface area contributed by atoms with E-state index in [2.05, 4.69) is 26.8 Å². The highest BCUT2D eigenvalue weighted by molar-refractivity contribution is 5.85. The molecule has 0 aromatic carbocycles. The van der Waals surface area contributed by atoms with E-state index in [0.29, 0.717) is 24.5 Å². The largest absolute Gasteiger partial charge is 0.299 e. The molecule has 16 heavy (non-hydrogen) atoms. The molecule has 2 atom stereocenters. The highest BCUT2D eigenvalue weighted by Crippen LogP contribution is 2.46. The molecule has 0 spiro atoms. The first kappa shape index (κ1) is 13.2. The predicted octanol–water partition coefficient (Wildman–Crippen LogP) is 3.71. The lowest BCUT2D eigenvalue weighted by Gasteiger charge is -2.42. The minimum atomic E-state index is -0.244. The molecule has 0 bridgehead atoms. The predicted molar refractivity (Wildman–Crippen MR) is 64.8 cm³/mol. The lowest BCUT2D eigenvalue weighted by atomic mass is 9.61. The van der Waals surface area contributed by atoms with Gasteiger partial charge in [0, 0.05) is 18.3 Å². The van der Waals surface area contributed by atoms with Crippen LogP contribution in [0, 0.1) is 28.1 Å². The monoisotopic (exact) mass is 221 g/mol. The molecule has 0 radical (unpaired) electrons. The number of carbonyl (C=O) groups is 1. The van der Waals surface area contributed by atoms with E-state index in [-0.39, 0.29) is 10.8 Å². The lowest BCUT2D eigenvalue weighted by molar-refractivity contribution is -0.133. The van der Waals surface area contributed by atoms with E-state index in [1.165, 1.54) is 0 Å². The molecule has 0 aromatic rings. The summed E-state index contributed by atoms with van der Waals surface area (Å²) in [4.78, 5) is 12.0. The third kappa shape index (κ3) is 2.84. The van der Waals surface area contributed by atoms with Crippen LogP contribution in [-0.2, 0) is 4.79 Å². The van der Waals surface area contributed by atoms with Crippen LogP contribution in [0.25, 0.3) is 0 Å². The smallest absolute Gasteiger partial charge is 0.138 e. The van der Waals surface area contributed by atoms with Crippen molar-refractivity contribution < 1.29 is 4.79 Å². The van der Waals surface area contributed by atoms with Crippen molar-refractivity contribution in [2.45, 2.75) is 59.8 Å². The summed E-state index contributed by atoms with van der Waals surface area (Å²) in [6.45, 7) is 8.79. The van der Waals surface area contributed by atoms with Crippen molar-refractivity contribution in [3.05, 3.63) is 0 Å². The lowest BCUT2D eigenvalue weighted by Crippen LogP contribution is -2.39. The Hall–Kier alpha value is -0.840. The molecule has 1 aliphatic carbocycles. The van der Waals surface area contributed by atoms with Gasteiger partial charge in [0.1, 0.15) is 5.78 Å². The van der Waals surface area contributed by atoms with Crippen LogP contribution < -0.4 is 0 Å². The molecular weight excluding hydrogens is 198 g/mol. The van der Waals surface area contributed by atoms with Crippen molar-refractivity contribution in [2.24, 2.45) is 16.7 Å². The standard InChI is InChI=1S/C14H23NO/c1-13(2,3)11-6-7-12(16)14(4,10-11)8-5-9-15/h11H,5-8,10H2,1-4H3. The van der Waals surface area contributed by atoms with E-state index in [4.69, 9.17) is 5.26 Å². The summed E-state index contributed by atoms with van der Waals surface area (Å²) in [5.74, 6) is 0.970. The molecule has 0 heterocycles. The maximum Gasteiger partial charge on any atom is 0.138 e. The first-order chi connectivity index (χ1) is 7.29. The molecule has 1 saturated carbocycles. The van der Waals surface area contributed by atoms with Crippen LogP contribution >= 0.6 is 0 Å². The topological polar surface area (TPSA) is 40.9 Å². The third-order valence-corrected chi connectivity index (χ3v) is 4.10. The average molecular weight is 221 g/mol. The number of nitrogens with zero attached hydrogens (tertiary/aromatic N) is 1. The normalized spacial score (nSPS) is 31.2. The number of Topliss-reactive ketones (excluding diaryl/α,β-unsaturated/α-hetero) is 1. The first-order valence-electron chi connectivity index (χ1n) is 6.20. The zero-order chi connectivity index (χ0) is 12.4. The van der Waals surface area contributed by atoms with E-state index < -0.39 is 0 Å². The highest BCUT2D eigenvalue weighted by atomic mass is 16.1. The molecule has 0 aliphatic heterocycles. The van der Waals surface area contributed by atoms with E-state index in [9.17, 15) is 4.79 Å². The summed E-state index contributed by atoms with van der Waals surface area (Å²) >= 11 is 0. The van der Waals surface area contributed by atoms with Crippen molar-refractivity contribution in [3.8, 4) is 6.07 Å². The van der Waals surface area contributed by atoms with E-state index >= 15 is 0 Å². The SMILES string of the molecule is CC1(CCC#N)CC(C(C)(C)C)CCC1=O. The quantitative estimate of drug-likeness (QED) is 0.713. The maximum atomic E-state index is 12.0. The van der Waals surface area contributed by atoms with E-state index in [1.807, 2.05) is 6.92 Å². The second-order valence-corrected chi connectivity index (χ2v) is 6.45. The average Bonchev–Trinajstić information content (AvgIpc) is 2.18. The Bertz CT molecular complexity index is 308. The zero-order valence-electron chi connectivity index (χ0n) is 11.0. The van der Waals surface area contributed by atoms with Gasteiger partial charge in [-0.1, -0.05) is 27.7 Å². The summed E-state index contributed by atoms with van der Waals surface area (Å²) in [6.07, 6.45) is 3.90. The Morgan fingerprint density at radius 3 is 2.62 bits per heavy atom. The number of rotatable bonds is 2. The summed E-state index contributed by atoms with van der Waals surface area (Å²) in [5, 5.41) is 8.66. The Labute approximate surface area is 99.0 Å². The van der Waals surface area contributed by atoms with Crippen LogP contribution in [0.4, 0.5) is 0 Å². The van der Waals surface area contributed by atoms with Crippen molar-refractivity contribution in [2.75, 3.05) is 0 Å². The van der Waals surface area contributed by atoms with Crippen LogP contribution in [0.3, 0.4) is 0 Å². The Morgan fingerprint density at radius 1 is 1.50 bits per heavy atom. The van der Waals surface area contributed by atoms with Gasteiger partial charge in [-0.2, -0.15) is 5.26 Å². The highest BCUT2D eigenvalue weighted by Gasteiger charge is 2.42. The molecule has 1 rings (SSSR count). The fourth-order valence-electron chi connectivity index (χ4n) is 2.68. The molecule has 0 amide bonds. The summed E-state index contributed by atoms with van der Waals surface area (Å²) in [7, 11) is 0. The van der Waals surface area contributed by atoms with E-state index in [0.717, 1.165) is 19.3 Å². The minimum Gasteiger partial charge on any atom is -0.299 e. The fraction of sp³-hybridized carbons (Fsp3) is 0.857. The van der Waals surface area contributed by atoms with E-state index in [1.54, 1.807) is 0 Å². The van der Waals surface area contributed by atoms with Crippen LogP contribution in [-0.4, -0.2) is 5.78 Å². The van der Waals surface area contributed by atoms with Gasteiger partial charge in [-0.15, -0.1) is 0 Å². The van der Waals surface area contributed by atoms with Crippen LogP contribution in [0.15, 0.2) is 0 Å². The van der Waals surface area contributed by atoms with Gasteiger partial charge in [0.15, 0.2) is 0 Å². The molecule has 90 valence electrons. The number of hydrogen-bond acceptors (Lipinski definition) is 2. The molecular formula is C14H23NO. The van der Waals surface area contributed by atoms with Gasteiger partial charge < -0.3 is 0 Å². The summed E-state index contributed by atoms with van der Waals surface area (Å²) in [5.41, 5.74) is 0.0283. The molecule has 0 aromatic heterocycles. The van der Waals surface area contributed by atoms with Crippen molar-refractivity contribution in [3.63, 3.8) is 0 Å². The second-order valence-electron chi connectivity index (χ2n) is 6.45. The molecule has 2 nitrogen and oxygen atoms in total. The Kier molecular flexibility index (Phi) is 3.78. The van der Waals surface area contributed by atoms with Crippen LogP contribution in [0.1, 0.15) is 59.8 Å². The van der Waals surface area contributed by atoms with Crippen molar-refractivity contribution in [1.29, 1.82) is 5.26 Å². The van der Waals surface area contributed by atoms with Gasteiger partial charge in [-0.25, -0.2) is 0 Å².